The van der Waals surface area contributed by atoms with Gasteiger partial charge < -0.3 is 4.42 Å². The van der Waals surface area contributed by atoms with Gasteiger partial charge in [0.1, 0.15) is 5.82 Å². The molecule has 0 fully saturated rings. The molecule has 0 bridgehead atoms. The summed E-state index contributed by atoms with van der Waals surface area (Å²) in [6.07, 6.45) is 0. The van der Waals surface area contributed by atoms with Crippen molar-refractivity contribution in [3.05, 3.63) is 23.7 Å². The van der Waals surface area contributed by atoms with Crippen LogP contribution < -0.4 is 0 Å². The van der Waals surface area contributed by atoms with Gasteiger partial charge in [0, 0.05) is 6.92 Å². The molecule has 2 rings (SSSR count). The van der Waals surface area contributed by atoms with Crippen molar-refractivity contribution in [1.29, 1.82) is 0 Å². The molecule has 0 aliphatic carbocycles. The van der Waals surface area contributed by atoms with E-state index in [-0.39, 0.29) is 5.78 Å². The molecule has 0 aromatic carbocycles. The minimum absolute atomic E-state index is 0.0738. The first-order valence-electron chi connectivity index (χ1n) is 4.24. The smallest absolute Gasteiger partial charge is 0.194 e. The van der Waals surface area contributed by atoms with E-state index in [1.54, 1.807) is 12.1 Å². The molecule has 0 N–H and O–H groups in total. The summed E-state index contributed by atoms with van der Waals surface area (Å²) < 4.78 is 10.2. The quantitative estimate of drug-likeness (QED) is 0.772. The van der Waals surface area contributed by atoms with Gasteiger partial charge >= 0.3 is 0 Å². The van der Waals surface area contributed by atoms with Gasteiger partial charge in [-0.3, -0.25) is 4.79 Å². The predicted octanol–water partition coefficient (Wildman–Crippen LogP) is 2.79. The van der Waals surface area contributed by atoms with Gasteiger partial charge in [0.25, 0.3) is 0 Å². The molecule has 0 atom stereocenters. The van der Waals surface area contributed by atoms with Gasteiger partial charge in [-0.15, -0.1) is 0 Å². The lowest BCUT2D eigenvalue weighted by Gasteiger charge is -1.90. The molecule has 0 saturated heterocycles. The van der Waals surface area contributed by atoms with Crippen LogP contribution in [0.1, 0.15) is 23.3 Å². The first-order chi connectivity index (χ1) is 7.15. The standard InChI is InChI=1S/C9H8N2O2S2/c1-5(12)7-3-4-8(13-7)14-9-10-6(2)11-15-9/h3-4H,1-2H3. The van der Waals surface area contributed by atoms with Crippen LogP contribution in [0.2, 0.25) is 0 Å². The van der Waals surface area contributed by atoms with E-state index in [0.29, 0.717) is 10.9 Å². The van der Waals surface area contributed by atoms with E-state index >= 15 is 0 Å². The number of rotatable bonds is 3. The number of aromatic nitrogens is 2. The fourth-order valence-corrected chi connectivity index (χ4v) is 2.52. The highest BCUT2D eigenvalue weighted by Crippen LogP contribution is 2.30. The Morgan fingerprint density at radius 3 is 2.87 bits per heavy atom. The molecule has 0 unspecified atom stereocenters. The summed E-state index contributed by atoms with van der Waals surface area (Å²) in [5.41, 5.74) is 0. The maximum atomic E-state index is 11.0. The summed E-state index contributed by atoms with van der Waals surface area (Å²) >= 11 is 2.69. The van der Waals surface area contributed by atoms with Gasteiger partial charge in [-0.05, 0) is 42.4 Å². The number of hydrogen-bond donors (Lipinski definition) is 0. The van der Waals surface area contributed by atoms with Crippen LogP contribution in [0.4, 0.5) is 0 Å². The molecule has 0 amide bonds. The molecular formula is C9H8N2O2S2. The SMILES string of the molecule is CC(=O)c1ccc(Sc2nc(C)ns2)o1. The normalized spacial score (nSPS) is 10.5. The van der Waals surface area contributed by atoms with Crippen molar-refractivity contribution in [3.63, 3.8) is 0 Å². The number of nitrogens with zero attached hydrogens (tertiary/aromatic N) is 2. The first kappa shape index (κ1) is 10.4. The highest BCUT2D eigenvalue weighted by atomic mass is 32.2. The molecule has 2 aromatic heterocycles. The lowest BCUT2D eigenvalue weighted by molar-refractivity contribution is 0.0982. The van der Waals surface area contributed by atoms with Crippen molar-refractivity contribution >= 4 is 29.1 Å². The molecule has 2 aromatic rings. The van der Waals surface area contributed by atoms with Crippen molar-refractivity contribution < 1.29 is 9.21 Å². The Kier molecular flexibility index (Phi) is 2.88. The molecule has 78 valence electrons. The maximum absolute atomic E-state index is 11.0. The summed E-state index contributed by atoms with van der Waals surface area (Å²) in [7, 11) is 0. The van der Waals surface area contributed by atoms with Gasteiger partial charge in [0.15, 0.2) is 21.0 Å². The van der Waals surface area contributed by atoms with Crippen LogP contribution in [-0.4, -0.2) is 15.1 Å². The van der Waals surface area contributed by atoms with Crippen molar-refractivity contribution in [2.75, 3.05) is 0 Å². The van der Waals surface area contributed by atoms with Crippen molar-refractivity contribution in [2.24, 2.45) is 0 Å². The molecule has 0 spiro atoms. The lowest BCUT2D eigenvalue weighted by Crippen LogP contribution is -1.85. The van der Waals surface area contributed by atoms with Gasteiger partial charge in [0.2, 0.25) is 0 Å². The van der Waals surface area contributed by atoms with Gasteiger partial charge in [-0.25, -0.2) is 4.98 Å². The second-order valence-electron chi connectivity index (χ2n) is 2.88. The molecule has 0 aliphatic rings. The summed E-state index contributed by atoms with van der Waals surface area (Å²) in [5.74, 6) is 1.05. The number of carbonyl (C=O) groups excluding carboxylic acids is 1. The highest BCUT2D eigenvalue weighted by Gasteiger charge is 2.09. The zero-order chi connectivity index (χ0) is 10.8. The van der Waals surface area contributed by atoms with Crippen LogP contribution in [0.25, 0.3) is 0 Å². The molecule has 0 radical (unpaired) electrons. The third-order valence-electron chi connectivity index (χ3n) is 1.63. The topological polar surface area (TPSA) is 56.0 Å². The number of Topliss-reactive ketones (excluding diaryl/α,β-unsaturated/α-hetero) is 1. The molecule has 4 nitrogen and oxygen atoms in total. The van der Waals surface area contributed by atoms with E-state index in [4.69, 9.17) is 4.42 Å². The van der Waals surface area contributed by atoms with Gasteiger partial charge in [-0.2, -0.15) is 4.37 Å². The zero-order valence-electron chi connectivity index (χ0n) is 8.18. The minimum Gasteiger partial charge on any atom is -0.446 e. The molecule has 0 aliphatic heterocycles. The average molecular weight is 240 g/mol. The van der Waals surface area contributed by atoms with Crippen molar-refractivity contribution in [1.82, 2.24) is 9.36 Å². The molecule has 2 heterocycles. The Hall–Kier alpha value is -1.14. The van der Waals surface area contributed by atoms with Gasteiger partial charge in [-0.1, -0.05) is 0 Å². The molecular weight excluding hydrogens is 232 g/mol. The van der Waals surface area contributed by atoms with Crippen molar-refractivity contribution in [3.8, 4) is 0 Å². The van der Waals surface area contributed by atoms with Crippen LogP contribution in [0.15, 0.2) is 26.0 Å². The number of hydrogen-bond acceptors (Lipinski definition) is 6. The monoisotopic (exact) mass is 240 g/mol. The average Bonchev–Trinajstić information content (AvgIpc) is 2.76. The van der Waals surface area contributed by atoms with Crippen LogP contribution >= 0.6 is 23.3 Å². The summed E-state index contributed by atoms with van der Waals surface area (Å²) in [5, 5.41) is 0.663. The summed E-state index contributed by atoms with van der Waals surface area (Å²) in [6, 6.07) is 3.43. The van der Waals surface area contributed by atoms with E-state index < -0.39 is 0 Å². The Balaban J connectivity index is 2.14. The summed E-state index contributed by atoms with van der Waals surface area (Å²) in [4.78, 5) is 15.2. The van der Waals surface area contributed by atoms with E-state index in [2.05, 4.69) is 9.36 Å². The largest absolute Gasteiger partial charge is 0.446 e. The predicted molar refractivity (Wildman–Crippen MR) is 57.5 cm³/mol. The highest BCUT2D eigenvalue weighted by molar-refractivity contribution is 8.00. The molecule has 0 saturated carbocycles. The van der Waals surface area contributed by atoms with Crippen LogP contribution in [0, 0.1) is 6.92 Å². The Labute approximate surface area is 94.9 Å². The van der Waals surface area contributed by atoms with E-state index in [1.807, 2.05) is 6.92 Å². The van der Waals surface area contributed by atoms with Crippen LogP contribution in [0.5, 0.6) is 0 Å². The summed E-state index contributed by atoms with van der Waals surface area (Å²) in [6.45, 7) is 3.31. The second-order valence-corrected chi connectivity index (χ2v) is 4.89. The maximum Gasteiger partial charge on any atom is 0.194 e. The van der Waals surface area contributed by atoms with Crippen molar-refractivity contribution in [2.45, 2.75) is 23.3 Å². The Morgan fingerprint density at radius 2 is 2.33 bits per heavy atom. The fourth-order valence-electron chi connectivity index (χ4n) is 0.970. The second kappa shape index (κ2) is 4.16. The number of aryl methyl sites for hydroxylation is 1. The first-order valence-corrected chi connectivity index (χ1v) is 5.83. The third kappa shape index (κ3) is 2.45. The molecule has 6 heteroatoms. The molecule has 15 heavy (non-hydrogen) atoms. The fraction of sp³-hybridized carbons (Fsp3) is 0.222. The van der Waals surface area contributed by atoms with E-state index in [0.717, 1.165) is 10.2 Å². The Bertz CT molecular complexity index is 490. The van der Waals surface area contributed by atoms with E-state index in [9.17, 15) is 4.79 Å². The van der Waals surface area contributed by atoms with Gasteiger partial charge in [0.05, 0.1) is 0 Å². The minimum atomic E-state index is -0.0738. The third-order valence-corrected chi connectivity index (χ3v) is 3.39. The zero-order valence-corrected chi connectivity index (χ0v) is 9.82. The van der Waals surface area contributed by atoms with Crippen LogP contribution in [-0.2, 0) is 0 Å². The number of carbonyl (C=O) groups is 1. The number of furan rings is 1. The Morgan fingerprint density at radius 1 is 1.53 bits per heavy atom. The van der Waals surface area contributed by atoms with Crippen LogP contribution in [0.3, 0.4) is 0 Å². The van der Waals surface area contributed by atoms with E-state index in [1.165, 1.54) is 30.2 Å². The lowest BCUT2D eigenvalue weighted by atomic mass is 10.3. The number of ketones is 1.